The van der Waals surface area contributed by atoms with Gasteiger partial charge in [0, 0.05) is 0 Å². The van der Waals surface area contributed by atoms with Crippen molar-refractivity contribution in [2.75, 3.05) is 0 Å². The molecule has 4 N–H and O–H groups in total. The van der Waals surface area contributed by atoms with Crippen molar-refractivity contribution in [3.63, 3.8) is 0 Å². The zero-order valence-electron chi connectivity index (χ0n) is 6.25. The van der Waals surface area contributed by atoms with Gasteiger partial charge in [-0.25, -0.2) is 0 Å². The molecule has 0 aromatic carbocycles. The molecule has 0 amide bonds. The molecule has 0 aromatic rings. The summed E-state index contributed by atoms with van der Waals surface area (Å²) in [5.41, 5.74) is 0. The van der Waals surface area contributed by atoms with Crippen molar-refractivity contribution >= 4 is 15.6 Å². The summed E-state index contributed by atoms with van der Waals surface area (Å²) in [7, 11) is -10.8. The predicted octanol–water partition coefficient (Wildman–Crippen LogP) is -5.28. The van der Waals surface area contributed by atoms with Crippen LogP contribution in [0.1, 0.15) is 0 Å². The van der Waals surface area contributed by atoms with Gasteiger partial charge in [0.15, 0.2) is 0 Å². The zero-order chi connectivity index (χ0) is 9.00. The third-order valence-corrected chi connectivity index (χ3v) is 0. The molecule has 0 saturated carbocycles. The van der Waals surface area contributed by atoms with Crippen molar-refractivity contribution in [2.24, 2.45) is 0 Å². The van der Waals surface area contributed by atoms with Crippen LogP contribution in [0.15, 0.2) is 0 Å². The molecule has 0 saturated heterocycles. The molecule has 0 atom stereocenters. The topological polar surface area (TPSA) is 209 Å². The van der Waals surface area contributed by atoms with Crippen molar-refractivity contribution < 1.29 is 107 Å². The van der Waals surface area contributed by atoms with Gasteiger partial charge < -0.3 is 44.6 Å². The minimum absolute atomic E-state index is 0. The van der Waals surface area contributed by atoms with Crippen LogP contribution < -0.4 is 35.5 Å². The first-order valence-electron chi connectivity index (χ1n) is 1.46. The first-order chi connectivity index (χ1) is 4.00. The summed E-state index contributed by atoms with van der Waals surface area (Å²) in [6, 6.07) is 0. The number of phosphoric acid groups is 2. The Morgan fingerprint density at radius 3 is 0.692 bits per heavy atom. The third kappa shape index (κ3) is 387. The Balaban J connectivity index is -0.0000000267. The second-order valence-electron chi connectivity index (χ2n) is 0.894. The van der Waals surface area contributed by atoms with Crippen LogP contribution in [0.2, 0.25) is 0 Å². The Bertz CT molecular complexity index is 134. The van der Waals surface area contributed by atoms with Gasteiger partial charge >= 0.3 is 68.9 Å². The van der Waals surface area contributed by atoms with E-state index in [2.05, 4.69) is 0 Å². The maximum Gasteiger partial charge on any atom is 3.00 e. The molecule has 0 aliphatic heterocycles. The van der Waals surface area contributed by atoms with Crippen LogP contribution in [0.25, 0.3) is 0 Å². The standard InChI is InChI=1S/Eu.H3N.2H3O4P.Zn/c;;2*1-5(2,3)4;/h;1H3;2*(H3,1,2,3,4);/q+3;;;;+2/p-5. The summed E-state index contributed by atoms with van der Waals surface area (Å²) in [5.74, 6) is 0. The van der Waals surface area contributed by atoms with E-state index in [1.165, 1.54) is 0 Å². The maximum atomic E-state index is 8.55. The minimum atomic E-state index is -5.39. The Labute approximate surface area is 127 Å². The molecular formula is H4EuNO8P2Zn. The SMILES string of the molecule is O=P([O-])([O-])[O-].O=P([O-])([O-])[O-].[Eu+3].[NH4+].[Zn+2]. The van der Waals surface area contributed by atoms with E-state index in [-0.39, 0.29) is 75.0 Å². The smallest absolute Gasteiger partial charge is 0.822 e. The summed E-state index contributed by atoms with van der Waals surface area (Å²) in [5, 5.41) is 0. The molecule has 76 valence electrons. The van der Waals surface area contributed by atoms with E-state index >= 15 is 0 Å². The molecule has 0 radical (unpaired) electrons. The Morgan fingerprint density at radius 2 is 0.692 bits per heavy atom. The van der Waals surface area contributed by atoms with Gasteiger partial charge in [0.25, 0.3) is 0 Å². The van der Waals surface area contributed by atoms with Crippen molar-refractivity contribution in [1.29, 1.82) is 0 Å². The average molecular weight is 425 g/mol. The first kappa shape index (κ1) is 29.5. The molecule has 0 aliphatic rings. The predicted molar refractivity (Wildman–Crippen MR) is 21.2 cm³/mol. The molecular weight excluding hydrogens is 421 g/mol. The molecule has 0 bridgehead atoms. The van der Waals surface area contributed by atoms with Crippen LogP contribution in [-0.4, -0.2) is 0 Å². The van der Waals surface area contributed by atoms with Crippen LogP contribution in [0.4, 0.5) is 0 Å². The molecule has 13 heavy (non-hydrogen) atoms. The van der Waals surface area contributed by atoms with E-state index in [0.717, 1.165) is 0 Å². The van der Waals surface area contributed by atoms with Gasteiger partial charge in [-0.05, 0) is 0 Å². The van der Waals surface area contributed by atoms with E-state index in [9.17, 15) is 0 Å². The Kier molecular flexibility index (Phi) is 28.3. The minimum Gasteiger partial charge on any atom is -0.822 e. The zero-order valence-corrected chi connectivity index (χ0v) is 13.4. The van der Waals surface area contributed by atoms with Crippen LogP contribution in [0.5, 0.6) is 0 Å². The number of rotatable bonds is 0. The summed E-state index contributed by atoms with van der Waals surface area (Å²) in [6.45, 7) is 0. The van der Waals surface area contributed by atoms with Gasteiger partial charge in [0.1, 0.15) is 0 Å². The largest absolute Gasteiger partial charge is 3.00 e. The molecule has 0 rings (SSSR count). The molecule has 0 aliphatic carbocycles. The molecule has 13 heteroatoms. The fraction of sp³-hybridized carbons (Fsp3) is 0. The first-order valence-corrected chi connectivity index (χ1v) is 4.38. The second-order valence-corrected chi connectivity index (χ2v) is 2.68. The van der Waals surface area contributed by atoms with Crippen LogP contribution in [-0.2, 0) is 28.6 Å². The Morgan fingerprint density at radius 1 is 0.692 bits per heavy atom. The van der Waals surface area contributed by atoms with Gasteiger partial charge in [-0.15, -0.1) is 0 Å². The number of quaternary nitrogens is 1. The third-order valence-electron chi connectivity index (χ3n) is 0. The monoisotopic (exact) mass is 425 g/mol. The summed E-state index contributed by atoms with van der Waals surface area (Å²) in [6.07, 6.45) is 0. The second kappa shape index (κ2) is 12.5. The van der Waals surface area contributed by atoms with Gasteiger partial charge in [-0.1, -0.05) is 0 Å². The number of hydrogen-bond acceptors (Lipinski definition) is 8. The molecule has 0 unspecified atom stereocenters. The maximum absolute atomic E-state index is 8.55. The molecule has 9 nitrogen and oxygen atoms in total. The van der Waals surface area contributed by atoms with Gasteiger partial charge in [0.05, 0.1) is 0 Å². The van der Waals surface area contributed by atoms with Gasteiger partial charge in [0.2, 0.25) is 0 Å². The number of hydrogen-bond donors (Lipinski definition) is 1. The molecule has 0 fully saturated rings. The van der Waals surface area contributed by atoms with E-state index in [1.807, 2.05) is 0 Å². The van der Waals surface area contributed by atoms with Gasteiger partial charge in [-0.2, -0.15) is 15.6 Å². The van der Waals surface area contributed by atoms with Crippen molar-refractivity contribution in [2.45, 2.75) is 0 Å². The van der Waals surface area contributed by atoms with Crippen molar-refractivity contribution in [3.05, 3.63) is 0 Å². The summed E-state index contributed by atoms with van der Waals surface area (Å²) in [4.78, 5) is 51.3. The van der Waals surface area contributed by atoms with Crippen LogP contribution in [0.3, 0.4) is 0 Å². The van der Waals surface area contributed by atoms with E-state index in [1.54, 1.807) is 0 Å². The van der Waals surface area contributed by atoms with E-state index < -0.39 is 15.6 Å². The quantitative estimate of drug-likeness (QED) is 0.292. The average Bonchev–Trinajstić information content (AvgIpc) is 1.12. The normalized spacial score (nSPS) is 9.08. The summed E-state index contributed by atoms with van der Waals surface area (Å²) >= 11 is 0. The van der Waals surface area contributed by atoms with Crippen LogP contribution >= 0.6 is 15.6 Å². The molecule has 0 aromatic heterocycles. The van der Waals surface area contributed by atoms with Crippen molar-refractivity contribution in [1.82, 2.24) is 6.15 Å². The van der Waals surface area contributed by atoms with Gasteiger partial charge in [-0.3, -0.25) is 0 Å². The fourth-order valence-corrected chi connectivity index (χ4v) is 0. The fourth-order valence-electron chi connectivity index (χ4n) is 0. The Hall–Kier alpha value is 2.39. The molecule has 0 spiro atoms. The van der Waals surface area contributed by atoms with Crippen LogP contribution in [0, 0.1) is 49.4 Å². The van der Waals surface area contributed by atoms with E-state index in [4.69, 9.17) is 38.5 Å². The summed E-state index contributed by atoms with van der Waals surface area (Å²) < 4.78 is 17.1. The van der Waals surface area contributed by atoms with Crippen molar-refractivity contribution in [3.8, 4) is 0 Å². The van der Waals surface area contributed by atoms with E-state index in [0.29, 0.717) is 0 Å². The molecule has 0 heterocycles.